The van der Waals surface area contributed by atoms with Gasteiger partial charge in [-0.15, -0.1) is 0 Å². The Hall–Kier alpha value is -1.78. The lowest BCUT2D eigenvalue weighted by molar-refractivity contribution is 0.00700. The molecule has 0 fully saturated rings. The number of carbonyl (C=O) groups is 1. The zero-order valence-electron chi connectivity index (χ0n) is 10.9. The highest BCUT2D eigenvalue weighted by atomic mass is 16.6. The van der Waals surface area contributed by atoms with Crippen molar-refractivity contribution in [3.05, 3.63) is 27.7 Å². The predicted octanol–water partition coefficient (Wildman–Crippen LogP) is 1.69. The summed E-state index contributed by atoms with van der Waals surface area (Å²) in [7, 11) is 0. The molecule has 0 atom stereocenters. The fourth-order valence-electron chi connectivity index (χ4n) is 1.99. The minimum absolute atomic E-state index is 0.135. The highest BCUT2D eigenvalue weighted by molar-refractivity contribution is 5.96. The van der Waals surface area contributed by atoms with E-state index in [-0.39, 0.29) is 5.56 Å². The third-order valence-electron chi connectivity index (χ3n) is 2.72. The maximum Gasteiger partial charge on any atom is 0.342 e. The standard InChI is InChI=1S/C13H18N2O3/c1-13(2,3)18-12(17)9-7-15-11(16)8-5-4-6-14-10(8)9/h7,14H,4-6H2,1-3H3,(H,15,16). The fourth-order valence-corrected chi connectivity index (χ4v) is 1.99. The molecular formula is C13H18N2O3. The number of nitrogens with one attached hydrogen (secondary N) is 2. The molecule has 0 radical (unpaired) electrons. The molecule has 0 spiro atoms. The van der Waals surface area contributed by atoms with Gasteiger partial charge < -0.3 is 15.0 Å². The van der Waals surface area contributed by atoms with E-state index < -0.39 is 11.6 Å². The van der Waals surface area contributed by atoms with Gasteiger partial charge in [-0.2, -0.15) is 0 Å². The minimum atomic E-state index is -0.547. The fraction of sp³-hybridized carbons (Fsp3) is 0.538. The van der Waals surface area contributed by atoms with E-state index in [9.17, 15) is 9.59 Å². The van der Waals surface area contributed by atoms with Crippen LogP contribution in [0.2, 0.25) is 0 Å². The number of esters is 1. The maximum absolute atomic E-state index is 12.1. The molecule has 0 unspecified atom stereocenters. The molecule has 5 nitrogen and oxygen atoms in total. The van der Waals surface area contributed by atoms with Crippen LogP contribution in [0, 0.1) is 0 Å². The molecule has 0 aliphatic carbocycles. The third-order valence-corrected chi connectivity index (χ3v) is 2.72. The molecule has 2 N–H and O–H groups in total. The molecule has 0 saturated heterocycles. The molecule has 1 aromatic rings. The Balaban J connectivity index is 2.40. The molecule has 1 aromatic heterocycles. The number of ether oxygens (including phenoxy) is 1. The Bertz CT molecular complexity index is 526. The molecule has 1 aliphatic heterocycles. The van der Waals surface area contributed by atoms with Gasteiger partial charge in [-0.05, 0) is 33.6 Å². The van der Waals surface area contributed by atoms with Crippen molar-refractivity contribution < 1.29 is 9.53 Å². The van der Waals surface area contributed by atoms with Crippen molar-refractivity contribution in [1.82, 2.24) is 4.98 Å². The summed E-state index contributed by atoms with van der Waals surface area (Å²) in [5, 5.41) is 3.12. The van der Waals surface area contributed by atoms with E-state index in [4.69, 9.17) is 4.74 Å². The summed E-state index contributed by atoms with van der Waals surface area (Å²) in [6, 6.07) is 0. The van der Waals surface area contributed by atoms with Gasteiger partial charge in [0.15, 0.2) is 0 Å². The molecule has 0 bridgehead atoms. The summed E-state index contributed by atoms with van der Waals surface area (Å²) in [6.45, 7) is 6.22. The molecule has 0 saturated carbocycles. The van der Waals surface area contributed by atoms with Crippen LogP contribution in [0.4, 0.5) is 5.69 Å². The number of rotatable bonds is 1. The molecule has 1 aliphatic rings. The van der Waals surface area contributed by atoms with Crippen LogP contribution in [0.25, 0.3) is 0 Å². The highest BCUT2D eigenvalue weighted by Gasteiger charge is 2.24. The van der Waals surface area contributed by atoms with Crippen LogP contribution >= 0.6 is 0 Å². The number of anilines is 1. The lowest BCUT2D eigenvalue weighted by Crippen LogP contribution is -2.28. The van der Waals surface area contributed by atoms with Crippen molar-refractivity contribution in [3.8, 4) is 0 Å². The van der Waals surface area contributed by atoms with Gasteiger partial charge in [0, 0.05) is 18.3 Å². The zero-order chi connectivity index (χ0) is 13.3. The van der Waals surface area contributed by atoms with Crippen LogP contribution in [0.5, 0.6) is 0 Å². The first kappa shape index (κ1) is 12.7. The van der Waals surface area contributed by atoms with E-state index in [0.717, 1.165) is 13.0 Å². The molecule has 2 heterocycles. The average Bonchev–Trinajstić information content (AvgIpc) is 2.27. The Morgan fingerprint density at radius 1 is 1.39 bits per heavy atom. The number of hydrogen-bond donors (Lipinski definition) is 2. The number of pyridine rings is 1. The van der Waals surface area contributed by atoms with Crippen LogP contribution in [0.1, 0.15) is 43.1 Å². The SMILES string of the molecule is CC(C)(C)OC(=O)c1c[nH]c(=O)c2c1NCCC2. The first-order valence-electron chi connectivity index (χ1n) is 6.10. The van der Waals surface area contributed by atoms with Crippen LogP contribution < -0.4 is 10.9 Å². The molecule has 5 heteroatoms. The lowest BCUT2D eigenvalue weighted by Gasteiger charge is -2.23. The van der Waals surface area contributed by atoms with Gasteiger partial charge >= 0.3 is 5.97 Å². The van der Waals surface area contributed by atoms with E-state index in [2.05, 4.69) is 10.3 Å². The van der Waals surface area contributed by atoms with E-state index in [1.165, 1.54) is 6.20 Å². The van der Waals surface area contributed by atoms with E-state index in [0.29, 0.717) is 23.2 Å². The van der Waals surface area contributed by atoms with Crippen molar-refractivity contribution in [2.45, 2.75) is 39.2 Å². The van der Waals surface area contributed by atoms with E-state index >= 15 is 0 Å². The van der Waals surface area contributed by atoms with Crippen molar-refractivity contribution in [2.75, 3.05) is 11.9 Å². The quantitative estimate of drug-likeness (QED) is 0.744. The van der Waals surface area contributed by atoms with Crippen LogP contribution in [0.15, 0.2) is 11.0 Å². The van der Waals surface area contributed by atoms with Gasteiger partial charge in [0.05, 0.1) is 11.3 Å². The summed E-state index contributed by atoms with van der Waals surface area (Å²) in [5.41, 5.74) is 0.988. The number of carbonyl (C=O) groups excluding carboxylic acids is 1. The van der Waals surface area contributed by atoms with Gasteiger partial charge in [0.2, 0.25) is 0 Å². The van der Waals surface area contributed by atoms with Crippen molar-refractivity contribution in [1.29, 1.82) is 0 Å². The summed E-state index contributed by atoms with van der Waals surface area (Å²) in [4.78, 5) is 26.3. The Labute approximate surface area is 106 Å². The molecular weight excluding hydrogens is 232 g/mol. The van der Waals surface area contributed by atoms with Gasteiger partial charge in [-0.25, -0.2) is 4.79 Å². The maximum atomic E-state index is 12.1. The normalized spacial score (nSPS) is 14.6. The topological polar surface area (TPSA) is 71.2 Å². The summed E-state index contributed by atoms with van der Waals surface area (Å²) in [6.07, 6.45) is 3.01. The summed E-state index contributed by atoms with van der Waals surface area (Å²) < 4.78 is 5.33. The Morgan fingerprint density at radius 2 is 2.11 bits per heavy atom. The molecule has 0 aromatic carbocycles. The van der Waals surface area contributed by atoms with Gasteiger partial charge in [0.1, 0.15) is 5.60 Å². The molecule has 0 amide bonds. The molecule has 18 heavy (non-hydrogen) atoms. The smallest absolute Gasteiger partial charge is 0.342 e. The second-order valence-corrected chi connectivity index (χ2v) is 5.42. The second-order valence-electron chi connectivity index (χ2n) is 5.42. The number of aromatic nitrogens is 1. The number of hydrogen-bond acceptors (Lipinski definition) is 4. The third kappa shape index (κ3) is 2.55. The predicted molar refractivity (Wildman–Crippen MR) is 69.0 cm³/mol. The Kier molecular flexibility index (Phi) is 3.15. The largest absolute Gasteiger partial charge is 0.456 e. The monoisotopic (exact) mass is 250 g/mol. The van der Waals surface area contributed by atoms with E-state index in [1.807, 2.05) is 20.8 Å². The number of aromatic amines is 1. The second kappa shape index (κ2) is 4.48. The van der Waals surface area contributed by atoms with Gasteiger partial charge in [-0.3, -0.25) is 4.79 Å². The molecule has 2 rings (SSSR count). The lowest BCUT2D eigenvalue weighted by atomic mass is 10.0. The first-order valence-corrected chi connectivity index (χ1v) is 6.10. The van der Waals surface area contributed by atoms with Crippen LogP contribution in [-0.4, -0.2) is 23.1 Å². The van der Waals surface area contributed by atoms with Gasteiger partial charge in [-0.1, -0.05) is 0 Å². The van der Waals surface area contributed by atoms with Crippen molar-refractivity contribution in [3.63, 3.8) is 0 Å². The minimum Gasteiger partial charge on any atom is -0.456 e. The molecule has 98 valence electrons. The van der Waals surface area contributed by atoms with Crippen LogP contribution in [0.3, 0.4) is 0 Å². The van der Waals surface area contributed by atoms with Crippen molar-refractivity contribution in [2.24, 2.45) is 0 Å². The zero-order valence-corrected chi connectivity index (χ0v) is 10.9. The first-order chi connectivity index (χ1) is 8.38. The summed E-state index contributed by atoms with van der Waals surface area (Å²) >= 11 is 0. The highest BCUT2D eigenvalue weighted by Crippen LogP contribution is 2.24. The number of H-pyrrole nitrogens is 1. The van der Waals surface area contributed by atoms with Crippen LogP contribution in [-0.2, 0) is 11.2 Å². The van der Waals surface area contributed by atoms with E-state index in [1.54, 1.807) is 0 Å². The summed E-state index contributed by atoms with van der Waals surface area (Å²) in [5.74, 6) is -0.413. The Morgan fingerprint density at radius 3 is 2.78 bits per heavy atom. The van der Waals surface area contributed by atoms with Gasteiger partial charge in [0.25, 0.3) is 5.56 Å². The average molecular weight is 250 g/mol. The van der Waals surface area contributed by atoms with Crippen molar-refractivity contribution >= 4 is 11.7 Å². The number of fused-ring (bicyclic) bond motifs is 1.